The summed E-state index contributed by atoms with van der Waals surface area (Å²) in [5.74, 6) is -0.132. The Morgan fingerprint density at radius 1 is 1.38 bits per heavy atom. The molecule has 0 rings (SSSR count). The smallest absolute Gasteiger partial charge is 0.121 e. The molecule has 0 fully saturated rings. The molecule has 0 atom stereocenters. The highest BCUT2D eigenvalue weighted by molar-refractivity contribution is 5.15. The average molecular weight is 114 g/mol. The molecule has 0 saturated heterocycles. The Morgan fingerprint density at radius 2 is 1.88 bits per heavy atom. The van der Waals surface area contributed by atoms with Gasteiger partial charge in [-0.15, -0.1) is 0 Å². The van der Waals surface area contributed by atoms with Gasteiger partial charge in [0.1, 0.15) is 5.83 Å². The second-order valence-electron chi connectivity index (χ2n) is 1.85. The molecule has 46 valence electrons. The van der Waals surface area contributed by atoms with Crippen molar-refractivity contribution in [3.63, 3.8) is 0 Å². The van der Waals surface area contributed by atoms with E-state index in [-0.39, 0.29) is 5.83 Å². The quantitative estimate of drug-likeness (QED) is 0.460. The first-order valence-corrected chi connectivity index (χ1v) is 2.64. The third kappa shape index (κ3) is 2.56. The number of allylic oxidation sites excluding steroid dienone is 4. The molecular formula is C7H11F. The largest absolute Gasteiger partial charge is 0.207 e. The van der Waals surface area contributed by atoms with E-state index < -0.39 is 0 Å². The van der Waals surface area contributed by atoms with E-state index in [2.05, 4.69) is 0 Å². The van der Waals surface area contributed by atoms with Gasteiger partial charge < -0.3 is 0 Å². The molecule has 0 N–H and O–H groups in total. The normalized spacial score (nSPS) is 10.0. The second kappa shape index (κ2) is 3.42. The summed E-state index contributed by atoms with van der Waals surface area (Å²) in [6, 6.07) is 0. The number of rotatable bonds is 1. The number of hydrogen-bond donors (Lipinski definition) is 0. The SMILES string of the molecule is CC=CC(F)=C(C)C. The molecule has 8 heavy (non-hydrogen) atoms. The van der Waals surface area contributed by atoms with E-state index >= 15 is 0 Å². The Morgan fingerprint density at radius 3 is 2.00 bits per heavy atom. The molecule has 0 aromatic rings. The topological polar surface area (TPSA) is 0 Å². The van der Waals surface area contributed by atoms with Gasteiger partial charge in [-0.05, 0) is 32.4 Å². The van der Waals surface area contributed by atoms with E-state index in [1.54, 1.807) is 26.8 Å². The summed E-state index contributed by atoms with van der Waals surface area (Å²) in [7, 11) is 0. The average Bonchev–Trinajstić information content (AvgIpc) is 1.67. The van der Waals surface area contributed by atoms with Crippen LogP contribution in [0.15, 0.2) is 23.6 Å². The third-order valence-electron chi connectivity index (χ3n) is 0.791. The van der Waals surface area contributed by atoms with Gasteiger partial charge in [-0.3, -0.25) is 0 Å². The van der Waals surface area contributed by atoms with Gasteiger partial charge in [0.05, 0.1) is 0 Å². The third-order valence-corrected chi connectivity index (χ3v) is 0.791. The highest BCUT2D eigenvalue weighted by Crippen LogP contribution is 2.04. The summed E-state index contributed by atoms with van der Waals surface area (Å²) >= 11 is 0. The van der Waals surface area contributed by atoms with Crippen molar-refractivity contribution in [1.82, 2.24) is 0 Å². The lowest BCUT2D eigenvalue weighted by molar-refractivity contribution is 0.654. The van der Waals surface area contributed by atoms with Crippen LogP contribution in [0.5, 0.6) is 0 Å². The number of halogens is 1. The van der Waals surface area contributed by atoms with Gasteiger partial charge >= 0.3 is 0 Å². The first kappa shape index (κ1) is 7.41. The van der Waals surface area contributed by atoms with Gasteiger partial charge in [-0.1, -0.05) is 6.08 Å². The van der Waals surface area contributed by atoms with Crippen LogP contribution in [-0.4, -0.2) is 0 Å². The van der Waals surface area contributed by atoms with Gasteiger partial charge in [-0.25, -0.2) is 4.39 Å². The molecule has 0 nitrogen and oxygen atoms in total. The molecule has 0 amide bonds. The van der Waals surface area contributed by atoms with Gasteiger partial charge in [0.25, 0.3) is 0 Å². The van der Waals surface area contributed by atoms with Crippen LogP contribution < -0.4 is 0 Å². The van der Waals surface area contributed by atoms with Crippen molar-refractivity contribution in [3.8, 4) is 0 Å². The maximum atomic E-state index is 12.3. The number of hydrogen-bond acceptors (Lipinski definition) is 0. The lowest BCUT2D eigenvalue weighted by Crippen LogP contribution is -1.68. The molecule has 0 aliphatic carbocycles. The monoisotopic (exact) mass is 114 g/mol. The predicted octanol–water partition coefficient (Wildman–Crippen LogP) is 2.83. The van der Waals surface area contributed by atoms with Crippen LogP contribution in [0.2, 0.25) is 0 Å². The molecule has 0 aliphatic heterocycles. The van der Waals surface area contributed by atoms with E-state index in [1.807, 2.05) is 0 Å². The summed E-state index contributed by atoms with van der Waals surface area (Å²) in [4.78, 5) is 0. The van der Waals surface area contributed by atoms with E-state index in [0.29, 0.717) is 0 Å². The molecule has 1 heteroatoms. The molecule has 0 spiro atoms. The van der Waals surface area contributed by atoms with Gasteiger partial charge in [0, 0.05) is 0 Å². The highest BCUT2D eigenvalue weighted by Gasteiger charge is 1.86. The lowest BCUT2D eigenvalue weighted by atomic mass is 10.3. The second-order valence-corrected chi connectivity index (χ2v) is 1.85. The van der Waals surface area contributed by atoms with Crippen molar-refractivity contribution >= 4 is 0 Å². The fourth-order valence-electron chi connectivity index (χ4n) is 0.313. The standard InChI is InChI=1S/C7H11F/c1-4-5-7(8)6(2)3/h4-5H,1-3H3. The van der Waals surface area contributed by atoms with Crippen molar-refractivity contribution in [2.45, 2.75) is 20.8 Å². The molecule has 0 bridgehead atoms. The molecule has 0 unspecified atom stereocenters. The highest BCUT2D eigenvalue weighted by atomic mass is 19.1. The Kier molecular flexibility index (Phi) is 3.16. The molecular weight excluding hydrogens is 103 g/mol. The fourth-order valence-corrected chi connectivity index (χ4v) is 0.313. The van der Waals surface area contributed by atoms with Crippen molar-refractivity contribution in [2.75, 3.05) is 0 Å². The Bertz CT molecular complexity index is 116. The molecule has 0 heterocycles. The summed E-state index contributed by atoms with van der Waals surface area (Å²) in [5, 5.41) is 0. The summed E-state index contributed by atoms with van der Waals surface area (Å²) in [6.45, 7) is 5.28. The van der Waals surface area contributed by atoms with E-state index in [9.17, 15) is 4.39 Å². The minimum Gasteiger partial charge on any atom is -0.207 e. The van der Waals surface area contributed by atoms with Crippen molar-refractivity contribution in [2.24, 2.45) is 0 Å². The van der Waals surface area contributed by atoms with Gasteiger partial charge in [0.15, 0.2) is 0 Å². The van der Waals surface area contributed by atoms with Gasteiger partial charge in [-0.2, -0.15) is 0 Å². The molecule has 0 aromatic carbocycles. The minimum absolute atomic E-state index is 0.132. The van der Waals surface area contributed by atoms with Crippen LogP contribution in [0, 0.1) is 0 Å². The van der Waals surface area contributed by atoms with Crippen molar-refractivity contribution in [3.05, 3.63) is 23.6 Å². The van der Waals surface area contributed by atoms with Crippen molar-refractivity contribution in [1.29, 1.82) is 0 Å². The van der Waals surface area contributed by atoms with Crippen LogP contribution in [-0.2, 0) is 0 Å². The summed E-state index contributed by atoms with van der Waals surface area (Å²) in [6.07, 6.45) is 3.14. The maximum Gasteiger partial charge on any atom is 0.121 e. The van der Waals surface area contributed by atoms with E-state index in [0.717, 1.165) is 5.57 Å². The van der Waals surface area contributed by atoms with Crippen LogP contribution in [0.3, 0.4) is 0 Å². The van der Waals surface area contributed by atoms with Crippen LogP contribution in [0.1, 0.15) is 20.8 Å². The zero-order valence-corrected chi connectivity index (χ0v) is 5.53. The van der Waals surface area contributed by atoms with E-state index in [4.69, 9.17) is 0 Å². The fraction of sp³-hybridized carbons (Fsp3) is 0.429. The minimum atomic E-state index is -0.132. The van der Waals surface area contributed by atoms with E-state index in [1.165, 1.54) is 6.08 Å². The van der Waals surface area contributed by atoms with Crippen LogP contribution in [0.4, 0.5) is 4.39 Å². The van der Waals surface area contributed by atoms with Crippen molar-refractivity contribution < 1.29 is 4.39 Å². The molecule has 0 aliphatic rings. The zero-order chi connectivity index (χ0) is 6.57. The van der Waals surface area contributed by atoms with Gasteiger partial charge in [0.2, 0.25) is 0 Å². The van der Waals surface area contributed by atoms with Crippen LogP contribution >= 0.6 is 0 Å². The summed E-state index contributed by atoms with van der Waals surface area (Å²) in [5.41, 5.74) is 0.725. The Balaban J connectivity index is 4.00. The summed E-state index contributed by atoms with van der Waals surface area (Å²) < 4.78 is 12.3. The maximum absolute atomic E-state index is 12.3. The Hall–Kier alpha value is -0.590. The molecule has 0 saturated carbocycles. The first-order chi connectivity index (χ1) is 3.68. The molecule has 0 radical (unpaired) electrons. The predicted molar refractivity (Wildman–Crippen MR) is 34.3 cm³/mol. The Labute approximate surface area is 49.7 Å². The first-order valence-electron chi connectivity index (χ1n) is 2.64. The molecule has 0 aromatic heterocycles. The lowest BCUT2D eigenvalue weighted by Gasteiger charge is -1.87. The van der Waals surface area contributed by atoms with Crippen LogP contribution in [0.25, 0.3) is 0 Å². The zero-order valence-electron chi connectivity index (χ0n) is 5.53.